The number of carbonyl (C=O) groups is 1. The number of nitrogens with one attached hydrogen (secondary N) is 2. The minimum absolute atomic E-state index is 0.118. The molecular formula is C18H30N2O4+2. The Kier molecular flexibility index (Phi) is 7.65. The molecule has 0 amide bonds. The minimum Gasteiger partial charge on any atom is -0.491 e. The zero-order chi connectivity index (χ0) is 17.4. The number of Topliss-reactive ketones (excluding diaryl/α,β-unsaturated/α-hetero) is 1. The van der Waals surface area contributed by atoms with Crippen molar-refractivity contribution in [3.8, 4) is 5.75 Å². The van der Waals surface area contributed by atoms with Crippen LogP contribution in [-0.4, -0.2) is 74.6 Å². The van der Waals surface area contributed by atoms with Crippen molar-refractivity contribution < 1.29 is 29.5 Å². The van der Waals surface area contributed by atoms with Gasteiger partial charge in [0.15, 0.2) is 5.78 Å². The number of ketones is 1. The van der Waals surface area contributed by atoms with E-state index in [0.29, 0.717) is 24.3 Å². The molecule has 134 valence electrons. The van der Waals surface area contributed by atoms with Crippen molar-refractivity contribution in [3.63, 3.8) is 0 Å². The number of hydrogen-bond acceptors (Lipinski definition) is 4. The van der Waals surface area contributed by atoms with Gasteiger partial charge in [-0.15, -0.1) is 0 Å². The van der Waals surface area contributed by atoms with Gasteiger partial charge < -0.3 is 24.7 Å². The van der Waals surface area contributed by atoms with Crippen LogP contribution in [-0.2, 0) is 0 Å². The van der Waals surface area contributed by atoms with Gasteiger partial charge in [-0.2, -0.15) is 0 Å². The zero-order valence-electron chi connectivity index (χ0n) is 14.5. The van der Waals surface area contributed by atoms with Crippen molar-refractivity contribution in [2.75, 3.05) is 52.5 Å². The van der Waals surface area contributed by atoms with Crippen molar-refractivity contribution in [2.24, 2.45) is 0 Å². The van der Waals surface area contributed by atoms with Crippen LogP contribution < -0.4 is 14.5 Å². The molecule has 1 saturated heterocycles. The highest BCUT2D eigenvalue weighted by atomic mass is 16.5. The Labute approximate surface area is 143 Å². The predicted octanol–water partition coefficient (Wildman–Crippen LogP) is -2.21. The first-order valence-corrected chi connectivity index (χ1v) is 8.84. The number of benzene rings is 1. The van der Waals surface area contributed by atoms with E-state index < -0.39 is 6.10 Å². The molecule has 0 unspecified atom stereocenters. The Balaban J connectivity index is 1.69. The van der Waals surface area contributed by atoms with E-state index in [0.717, 1.165) is 32.7 Å². The third-order valence-electron chi connectivity index (χ3n) is 4.59. The van der Waals surface area contributed by atoms with Gasteiger partial charge in [0.2, 0.25) is 0 Å². The molecule has 6 heteroatoms. The summed E-state index contributed by atoms with van der Waals surface area (Å²) < 4.78 is 5.62. The first-order valence-electron chi connectivity index (χ1n) is 8.84. The van der Waals surface area contributed by atoms with E-state index in [9.17, 15) is 9.90 Å². The number of rotatable bonds is 9. The van der Waals surface area contributed by atoms with E-state index in [1.165, 1.54) is 9.80 Å². The lowest BCUT2D eigenvalue weighted by Gasteiger charge is -2.30. The molecule has 0 bridgehead atoms. The van der Waals surface area contributed by atoms with E-state index >= 15 is 0 Å². The fourth-order valence-electron chi connectivity index (χ4n) is 3.10. The number of carbonyl (C=O) groups excluding carboxylic acids is 1. The first kappa shape index (κ1) is 18.9. The van der Waals surface area contributed by atoms with Gasteiger partial charge in [0.05, 0.1) is 6.61 Å². The van der Waals surface area contributed by atoms with Gasteiger partial charge in [0.25, 0.3) is 0 Å². The normalized spacial score (nSPS) is 22.1. The molecule has 0 radical (unpaired) electrons. The zero-order valence-corrected chi connectivity index (χ0v) is 14.5. The lowest BCUT2D eigenvalue weighted by atomic mass is 10.1. The molecule has 1 aromatic rings. The van der Waals surface area contributed by atoms with Crippen LogP contribution in [0.1, 0.15) is 23.7 Å². The maximum Gasteiger partial charge on any atom is 0.162 e. The summed E-state index contributed by atoms with van der Waals surface area (Å²) in [5.41, 5.74) is 0.693. The molecule has 1 heterocycles. The molecule has 6 nitrogen and oxygen atoms in total. The smallest absolute Gasteiger partial charge is 0.162 e. The molecule has 4 N–H and O–H groups in total. The van der Waals surface area contributed by atoms with Gasteiger partial charge in [0.1, 0.15) is 57.7 Å². The van der Waals surface area contributed by atoms with Crippen LogP contribution in [0, 0.1) is 0 Å². The Hall–Kier alpha value is -1.47. The molecule has 1 aromatic carbocycles. The average Bonchev–Trinajstić information content (AvgIpc) is 2.61. The number of aliphatic hydroxyl groups is 2. The van der Waals surface area contributed by atoms with Crippen LogP contribution >= 0.6 is 0 Å². The first-order chi connectivity index (χ1) is 11.6. The second-order valence-corrected chi connectivity index (χ2v) is 6.44. The van der Waals surface area contributed by atoms with E-state index in [4.69, 9.17) is 9.84 Å². The van der Waals surface area contributed by atoms with Gasteiger partial charge in [-0.25, -0.2) is 0 Å². The maximum atomic E-state index is 11.6. The molecule has 1 fully saturated rings. The number of quaternary nitrogens is 2. The van der Waals surface area contributed by atoms with Crippen LogP contribution in [0.2, 0.25) is 0 Å². The molecule has 1 aliphatic rings. The van der Waals surface area contributed by atoms with Crippen LogP contribution in [0.4, 0.5) is 0 Å². The van der Waals surface area contributed by atoms with Crippen LogP contribution in [0.3, 0.4) is 0 Å². The van der Waals surface area contributed by atoms with Gasteiger partial charge in [-0.05, 0) is 24.3 Å². The topological polar surface area (TPSA) is 75.6 Å². The largest absolute Gasteiger partial charge is 0.491 e. The molecule has 1 atom stereocenters. The van der Waals surface area contributed by atoms with Crippen molar-refractivity contribution in [1.82, 2.24) is 0 Å². The average molecular weight is 338 g/mol. The third kappa shape index (κ3) is 5.87. The fraction of sp³-hybridized carbons (Fsp3) is 0.611. The molecule has 1 aliphatic heterocycles. The summed E-state index contributed by atoms with van der Waals surface area (Å²) in [6.45, 7) is 7.94. The van der Waals surface area contributed by atoms with E-state index in [1.54, 1.807) is 24.3 Å². The second-order valence-electron chi connectivity index (χ2n) is 6.44. The molecule has 0 aromatic heterocycles. The van der Waals surface area contributed by atoms with Crippen molar-refractivity contribution in [3.05, 3.63) is 29.8 Å². The van der Waals surface area contributed by atoms with Crippen molar-refractivity contribution >= 4 is 5.78 Å². The molecule has 2 rings (SSSR count). The van der Waals surface area contributed by atoms with E-state index in [-0.39, 0.29) is 19.0 Å². The monoisotopic (exact) mass is 338 g/mol. The van der Waals surface area contributed by atoms with Gasteiger partial charge in [0, 0.05) is 12.0 Å². The molecule has 24 heavy (non-hydrogen) atoms. The number of piperazine rings is 1. The molecule has 0 aliphatic carbocycles. The van der Waals surface area contributed by atoms with Crippen LogP contribution in [0.5, 0.6) is 5.75 Å². The van der Waals surface area contributed by atoms with E-state index in [2.05, 4.69) is 0 Å². The standard InChI is InChI=1S/C18H28N2O4/c1-2-18(23)15-3-5-17(6-4-15)24-14-16(22)13-20-9-7-19(8-10-20)11-12-21/h3-6,16,21-22H,2,7-14H2,1H3/p+2/t16-/m0/s1. The summed E-state index contributed by atoms with van der Waals surface area (Å²) in [7, 11) is 0. The van der Waals surface area contributed by atoms with Gasteiger partial charge in [-0.1, -0.05) is 6.92 Å². The summed E-state index contributed by atoms with van der Waals surface area (Å²) >= 11 is 0. The summed E-state index contributed by atoms with van der Waals surface area (Å²) in [6, 6.07) is 7.09. The molecular weight excluding hydrogens is 308 g/mol. The van der Waals surface area contributed by atoms with Crippen molar-refractivity contribution in [1.29, 1.82) is 0 Å². The fourth-order valence-corrected chi connectivity index (χ4v) is 3.10. The Morgan fingerprint density at radius 1 is 1.17 bits per heavy atom. The van der Waals surface area contributed by atoms with Crippen LogP contribution in [0.25, 0.3) is 0 Å². The summed E-state index contributed by atoms with van der Waals surface area (Å²) in [4.78, 5) is 14.4. The highest BCUT2D eigenvalue weighted by molar-refractivity contribution is 5.95. The predicted molar refractivity (Wildman–Crippen MR) is 90.8 cm³/mol. The van der Waals surface area contributed by atoms with Gasteiger partial charge >= 0.3 is 0 Å². The number of ether oxygens (including phenoxy) is 1. The molecule has 0 saturated carbocycles. The Bertz CT molecular complexity index is 498. The van der Waals surface area contributed by atoms with Crippen LogP contribution in [0.15, 0.2) is 24.3 Å². The highest BCUT2D eigenvalue weighted by Crippen LogP contribution is 2.13. The number of aliphatic hydroxyl groups excluding tert-OH is 2. The second kappa shape index (κ2) is 9.74. The maximum absolute atomic E-state index is 11.6. The van der Waals surface area contributed by atoms with E-state index in [1.807, 2.05) is 6.92 Å². The number of hydrogen-bond donors (Lipinski definition) is 4. The van der Waals surface area contributed by atoms with Crippen molar-refractivity contribution in [2.45, 2.75) is 19.4 Å². The summed E-state index contributed by atoms with van der Waals surface area (Å²) in [6.07, 6.45) is -0.00837. The van der Waals surface area contributed by atoms with Gasteiger partial charge in [-0.3, -0.25) is 4.79 Å². The minimum atomic E-state index is -0.503. The Morgan fingerprint density at radius 3 is 2.38 bits per heavy atom. The summed E-state index contributed by atoms with van der Waals surface area (Å²) in [5, 5.41) is 19.1. The highest BCUT2D eigenvalue weighted by Gasteiger charge is 2.24. The lowest BCUT2D eigenvalue weighted by Crippen LogP contribution is -3.28. The molecule has 0 spiro atoms. The quantitative estimate of drug-likeness (QED) is 0.386. The Morgan fingerprint density at radius 2 is 1.79 bits per heavy atom. The lowest BCUT2D eigenvalue weighted by molar-refractivity contribution is -1.01. The summed E-state index contributed by atoms with van der Waals surface area (Å²) in [5.74, 6) is 0.793. The third-order valence-corrected chi connectivity index (χ3v) is 4.59. The SMILES string of the molecule is CCC(=O)c1ccc(OC[C@@H](O)C[NH+]2CC[NH+](CCO)CC2)cc1.